The number of hydrogen-bond donors (Lipinski definition) is 1. The molecule has 2 rings (SSSR count). The molecule has 0 radical (unpaired) electrons. The Morgan fingerprint density at radius 1 is 1.42 bits per heavy atom. The van der Waals surface area contributed by atoms with Gasteiger partial charge in [0.05, 0.1) is 5.56 Å². The molecule has 0 fully saturated rings. The van der Waals surface area contributed by atoms with Gasteiger partial charge in [-0.25, -0.2) is 4.98 Å². The van der Waals surface area contributed by atoms with Crippen molar-refractivity contribution in [2.75, 3.05) is 6.54 Å². The summed E-state index contributed by atoms with van der Waals surface area (Å²) in [5.74, 6) is 0.289. The van der Waals surface area contributed by atoms with E-state index in [4.69, 9.17) is 23.2 Å². The fourth-order valence-electron chi connectivity index (χ4n) is 1.39. The highest BCUT2D eigenvalue weighted by Gasteiger charge is 2.12. The summed E-state index contributed by atoms with van der Waals surface area (Å²) >= 11 is 11.4. The summed E-state index contributed by atoms with van der Waals surface area (Å²) in [4.78, 5) is 15.9. The highest BCUT2D eigenvalue weighted by molar-refractivity contribution is 6.34. The molecule has 0 atom stereocenters. The molecule has 0 aliphatic heterocycles. The summed E-state index contributed by atoms with van der Waals surface area (Å²) < 4.78 is 1.60. The molecule has 0 unspecified atom stereocenters. The van der Waals surface area contributed by atoms with Gasteiger partial charge in [-0.2, -0.15) is 5.10 Å². The van der Waals surface area contributed by atoms with Crippen molar-refractivity contribution >= 4 is 29.1 Å². The van der Waals surface area contributed by atoms with Gasteiger partial charge in [0.1, 0.15) is 6.33 Å². The minimum absolute atomic E-state index is 0.0119. The molecule has 0 aromatic carbocycles. The molecule has 0 bridgehead atoms. The van der Waals surface area contributed by atoms with Crippen LogP contribution >= 0.6 is 23.2 Å². The monoisotopic (exact) mass is 300 g/mol. The topological polar surface area (TPSA) is 85.6 Å². The van der Waals surface area contributed by atoms with Crippen LogP contribution in [-0.4, -0.2) is 37.4 Å². The third kappa shape index (κ3) is 3.62. The largest absolute Gasteiger partial charge is 0.351 e. The Balaban J connectivity index is 1.92. The lowest BCUT2D eigenvalue weighted by Crippen LogP contribution is -2.26. The fraction of sp³-hybridized carbons (Fsp3) is 0.300. The number of halogens is 2. The van der Waals surface area contributed by atoms with Crippen molar-refractivity contribution in [1.29, 1.82) is 0 Å². The van der Waals surface area contributed by atoms with Gasteiger partial charge in [0, 0.05) is 20.0 Å². The van der Waals surface area contributed by atoms with E-state index in [1.54, 1.807) is 18.1 Å². The first-order valence-corrected chi connectivity index (χ1v) is 6.13. The smallest absolute Gasteiger partial charge is 0.254 e. The van der Waals surface area contributed by atoms with Crippen LogP contribution in [0.5, 0.6) is 0 Å². The average Bonchev–Trinajstić information content (AvgIpc) is 2.78. The number of carbonyl (C=O) groups excluding carboxylic acids is 1. The first-order valence-electron chi connectivity index (χ1n) is 5.37. The number of amides is 1. The quantitative estimate of drug-likeness (QED) is 0.906. The van der Waals surface area contributed by atoms with Crippen LogP contribution in [0, 0.1) is 0 Å². The van der Waals surface area contributed by atoms with E-state index in [2.05, 4.69) is 25.6 Å². The van der Waals surface area contributed by atoms with Gasteiger partial charge in [-0.3, -0.25) is 9.48 Å². The van der Waals surface area contributed by atoms with Crippen molar-refractivity contribution in [1.82, 2.24) is 30.3 Å². The Morgan fingerprint density at radius 2 is 2.21 bits per heavy atom. The second-order valence-electron chi connectivity index (χ2n) is 3.71. The molecule has 2 aromatic heterocycles. The Hall–Kier alpha value is -1.73. The fourth-order valence-corrected chi connectivity index (χ4v) is 1.72. The zero-order valence-corrected chi connectivity index (χ0v) is 11.5. The molecule has 1 amide bonds. The summed E-state index contributed by atoms with van der Waals surface area (Å²) in [6, 6.07) is 1.37. The van der Waals surface area contributed by atoms with Gasteiger partial charge in [0.2, 0.25) is 0 Å². The second kappa shape index (κ2) is 5.94. The molecule has 0 aliphatic rings. The molecular weight excluding hydrogens is 291 g/mol. The number of carbonyl (C=O) groups is 1. The molecule has 2 aromatic rings. The van der Waals surface area contributed by atoms with Crippen LogP contribution in [-0.2, 0) is 13.5 Å². The van der Waals surface area contributed by atoms with Crippen LogP contribution in [0.1, 0.15) is 16.2 Å². The van der Waals surface area contributed by atoms with Crippen LogP contribution in [0.25, 0.3) is 0 Å². The Bertz CT molecular complexity index is 599. The van der Waals surface area contributed by atoms with Crippen LogP contribution in [0.2, 0.25) is 10.3 Å². The highest BCUT2D eigenvalue weighted by atomic mass is 35.5. The molecular formula is C10H10Cl2N6O. The summed E-state index contributed by atoms with van der Waals surface area (Å²) in [5.41, 5.74) is 0.190. The lowest BCUT2D eigenvalue weighted by atomic mass is 10.3. The predicted octanol–water partition coefficient (Wildman–Crippen LogP) is 0.884. The van der Waals surface area contributed by atoms with Gasteiger partial charge < -0.3 is 5.32 Å². The SMILES string of the molecule is Cn1cnc(CCNC(=O)c2cc(Cl)nnc2Cl)n1. The first-order chi connectivity index (χ1) is 9.06. The van der Waals surface area contributed by atoms with E-state index in [1.165, 1.54) is 6.07 Å². The maximum absolute atomic E-state index is 11.8. The summed E-state index contributed by atoms with van der Waals surface area (Å²) in [5, 5.41) is 14.0. The molecule has 0 saturated heterocycles. The van der Waals surface area contributed by atoms with Crippen LogP contribution < -0.4 is 5.32 Å². The average molecular weight is 301 g/mol. The maximum Gasteiger partial charge on any atom is 0.254 e. The van der Waals surface area contributed by atoms with Crippen LogP contribution in [0.4, 0.5) is 0 Å². The van der Waals surface area contributed by atoms with E-state index in [0.717, 1.165) is 0 Å². The molecule has 1 N–H and O–H groups in total. The van der Waals surface area contributed by atoms with Crippen molar-refractivity contribution in [3.8, 4) is 0 Å². The number of hydrogen-bond acceptors (Lipinski definition) is 5. The molecule has 0 saturated carbocycles. The highest BCUT2D eigenvalue weighted by Crippen LogP contribution is 2.14. The first kappa shape index (κ1) is 13.7. The molecule has 0 aliphatic carbocycles. The molecule has 19 heavy (non-hydrogen) atoms. The Labute approximate surface area is 119 Å². The standard InChI is InChI=1S/C10H10Cl2N6O/c1-18-5-14-8(17-18)2-3-13-10(19)6-4-7(11)15-16-9(6)12/h4-5H,2-3H2,1H3,(H,13,19). The van der Waals surface area contributed by atoms with Crippen molar-refractivity contribution in [2.24, 2.45) is 7.05 Å². The van der Waals surface area contributed by atoms with Crippen LogP contribution in [0.15, 0.2) is 12.4 Å². The Kier molecular flexibility index (Phi) is 4.28. The lowest BCUT2D eigenvalue weighted by Gasteiger charge is -2.04. The van der Waals surface area contributed by atoms with E-state index in [9.17, 15) is 4.79 Å². The molecule has 9 heteroatoms. The van der Waals surface area contributed by atoms with Crippen molar-refractivity contribution in [3.63, 3.8) is 0 Å². The summed E-state index contributed by atoms with van der Waals surface area (Å²) in [6.07, 6.45) is 2.12. The zero-order valence-electron chi connectivity index (χ0n) is 9.97. The number of rotatable bonds is 4. The van der Waals surface area contributed by atoms with Gasteiger partial charge in [0.25, 0.3) is 5.91 Å². The minimum Gasteiger partial charge on any atom is -0.351 e. The van der Waals surface area contributed by atoms with Gasteiger partial charge >= 0.3 is 0 Å². The van der Waals surface area contributed by atoms with E-state index in [-0.39, 0.29) is 21.8 Å². The molecule has 7 nitrogen and oxygen atoms in total. The number of nitrogens with one attached hydrogen (secondary N) is 1. The molecule has 2 heterocycles. The van der Waals surface area contributed by atoms with Gasteiger partial charge in [-0.15, -0.1) is 10.2 Å². The Morgan fingerprint density at radius 3 is 2.89 bits per heavy atom. The van der Waals surface area contributed by atoms with Gasteiger partial charge in [-0.05, 0) is 6.07 Å². The van der Waals surface area contributed by atoms with E-state index in [1.807, 2.05) is 0 Å². The third-order valence-electron chi connectivity index (χ3n) is 2.24. The second-order valence-corrected chi connectivity index (χ2v) is 4.46. The van der Waals surface area contributed by atoms with E-state index >= 15 is 0 Å². The summed E-state index contributed by atoms with van der Waals surface area (Å²) in [6.45, 7) is 0.388. The maximum atomic E-state index is 11.8. The zero-order chi connectivity index (χ0) is 13.8. The molecule has 0 spiro atoms. The number of nitrogens with zero attached hydrogens (tertiary/aromatic N) is 5. The van der Waals surface area contributed by atoms with Crippen LogP contribution in [0.3, 0.4) is 0 Å². The van der Waals surface area contributed by atoms with E-state index in [0.29, 0.717) is 18.8 Å². The summed E-state index contributed by atoms with van der Waals surface area (Å²) in [7, 11) is 1.78. The van der Waals surface area contributed by atoms with Crippen molar-refractivity contribution < 1.29 is 4.79 Å². The molecule has 100 valence electrons. The van der Waals surface area contributed by atoms with Crippen molar-refractivity contribution in [3.05, 3.63) is 34.1 Å². The number of aromatic nitrogens is 5. The van der Waals surface area contributed by atoms with Gasteiger partial charge in [-0.1, -0.05) is 23.2 Å². The normalized spacial score (nSPS) is 10.5. The predicted molar refractivity (Wildman–Crippen MR) is 69.1 cm³/mol. The lowest BCUT2D eigenvalue weighted by molar-refractivity contribution is 0.0953. The minimum atomic E-state index is -0.363. The van der Waals surface area contributed by atoms with E-state index < -0.39 is 0 Å². The van der Waals surface area contributed by atoms with Gasteiger partial charge in [0.15, 0.2) is 16.1 Å². The number of aryl methyl sites for hydroxylation is 1. The third-order valence-corrected chi connectivity index (χ3v) is 2.71. The van der Waals surface area contributed by atoms with Crippen molar-refractivity contribution in [2.45, 2.75) is 6.42 Å².